The standard InChI is InChI=1S/C15H14ClN3O2/c16-13-8-12(4-5-14(13)19(20)21)18-9-11-3-1-2-10-6-7-17-15(10)11/h1-5,8,17-18H,6-7,9H2. The molecule has 0 atom stereocenters. The lowest BCUT2D eigenvalue weighted by atomic mass is 10.1. The first-order chi connectivity index (χ1) is 10.1. The summed E-state index contributed by atoms with van der Waals surface area (Å²) in [4.78, 5) is 10.2. The maximum Gasteiger partial charge on any atom is 0.288 e. The zero-order valence-corrected chi connectivity index (χ0v) is 12.0. The highest BCUT2D eigenvalue weighted by atomic mass is 35.5. The second kappa shape index (κ2) is 5.61. The Hall–Kier alpha value is -2.27. The maximum absolute atomic E-state index is 10.7. The fourth-order valence-electron chi connectivity index (χ4n) is 2.52. The number of rotatable bonds is 4. The van der Waals surface area contributed by atoms with E-state index >= 15 is 0 Å². The average molecular weight is 304 g/mol. The molecule has 5 nitrogen and oxygen atoms in total. The van der Waals surface area contributed by atoms with Gasteiger partial charge < -0.3 is 10.6 Å². The molecule has 108 valence electrons. The van der Waals surface area contributed by atoms with Gasteiger partial charge in [-0.25, -0.2) is 0 Å². The maximum atomic E-state index is 10.7. The molecule has 0 saturated heterocycles. The van der Waals surface area contributed by atoms with Gasteiger partial charge in [0.25, 0.3) is 5.69 Å². The predicted molar refractivity (Wildman–Crippen MR) is 84.1 cm³/mol. The van der Waals surface area contributed by atoms with Crippen molar-refractivity contribution in [2.45, 2.75) is 13.0 Å². The Balaban J connectivity index is 1.75. The van der Waals surface area contributed by atoms with E-state index < -0.39 is 4.92 Å². The lowest BCUT2D eigenvalue weighted by Gasteiger charge is -2.11. The van der Waals surface area contributed by atoms with Crippen LogP contribution in [-0.4, -0.2) is 11.5 Å². The van der Waals surface area contributed by atoms with Gasteiger partial charge in [-0.15, -0.1) is 0 Å². The van der Waals surface area contributed by atoms with Gasteiger partial charge in [0.15, 0.2) is 0 Å². The van der Waals surface area contributed by atoms with E-state index in [2.05, 4.69) is 22.8 Å². The Morgan fingerprint density at radius 1 is 1.33 bits per heavy atom. The summed E-state index contributed by atoms with van der Waals surface area (Å²) in [5, 5.41) is 17.5. The number of nitrogens with one attached hydrogen (secondary N) is 2. The summed E-state index contributed by atoms with van der Waals surface area (Å²) in [6, 6.07) is 10.9. The van der Waals surface area contributed by atoms with Crippen LogP contribution >= 0.6 is 11.6 Å². The highest BCUT2D eigenvalue weighted by Gasteiger charge is 2.14. The molecule has 0 aliphatic carbocycles. The molecule has 2 aromatic rings. The molecule has 0 amide bonds. The minimum atomic E-state index is -0.486. The van der Waals surface area contributed by atoms with E-state index in [0.717, 1.165) is 18.7 Å². The summed E-state index contributed by atoms with van der Waals surface area (Å²) >= 11 is 5.91. The first-order valence-electron chi connectivity index (χ1n) is 6.67. The Labute approximate surface area is 127 Å². The second-order valence-corrected chi connectivity index (χ2v) is 5.31. The number of para-hydroxylation sites is 1. The molecular formula is C15H14ClN3O2. The van der Waals surface area contributed by atoms with Gasteiger partial charge in [0.2, 0.25) is 0 Å². The van der Waals surface area contributed by atoms with Crippen molar-refractivity contribution >= 4 is 28.7 Å². The number of halogens is 1. The van der Waals surface area contributed by atoms with Gasteiger partial charge in [-0.2, -0.15) is 0 Å². The molecule has 21 heavy (non-hydrogen) atoms. The van der Waals surface area contributed by atoms with E-state index in [9.17, 15) is 10.1 Å². The van der Waals surface area contributed by atoms with Crippen LogP contribution in [0.3, 0.4) is 0 Å². The molecule has 3 rings (SSSR count). The predicted octanol–water partition coefficient (Wildman–Crippen LogP) is 3.83. The van der Waals surface area contributed by atoms with Crippen LogP contribution in [0.4, 0.5) is 17.1 Å². The number of hydrogen-bond donors (Lipinski definition) is 2. The lowest BCUT2D eigenvalue weighted by Crippen LogP contribution is -2.03. The molecule has 0 bridgehead atoms. The van der Waals surface area contributed by atoms with Crippen molar-refractivity contribution in [3.8, 4) is 0 Å². The number of nitro groups is 1. The lowest BCUT2D eigenvalue weighted by molar-refractivity contribution is -0.384. The molecule has 1 heterocycles. The van der Waals surface area contributed by atoms with E-state index in [1.165, 1.54) is 22.9 Å². The van der Waals surface area contributed by atoms with Crippen molar-refractivity contribution in [2.24, 2.45) is 0 Å². The third kappa shape index (κ3) is 2.78. The number of hydrogen-bond acceptors (Lipinski definition) is 4. The normalized spacial score (nSPS) is 12.6. The molecule has 0 radical (unpaired) electrons. The van der Waals surface area contributed by atoms with Crippen molar-refractivity contribution in [2.75, 3.05) is 17.2 Å². The van der Waals surface area contributed by atoms with Crippen LogP contribution in [0.15, 0.2) is 36.4 Å². The summed E-state index contributed by atoms with van der Waals surface area (Å²) in [5.41, 5.74) is 4.39. The Bertz CT molecular complexity index is 703. The largest absolute Gasteiger partial charge is 0.384 e. The third-order valence-electron chi connectivity index (χ3n) is 3.56. The van der Waals surface area contributed by atoms with Crippen molar-refractivity contribution < 1.29 is 4.92 Å². The highest BCUT2D eigenvalue weighted by molar-refractivity contribution is 6.32. The third-order valence-corrected chi connectivity index (χ3v) is 3.86. The van der Waals surface area contributed by atoms with Crippen LogP contribution in [0, 0.1) is 10.1 Å². The molecule has 2 N–H and O–H groups in total. The van der Waals surface area contributed by atoms with Crippen molar-refractivity contribution in [1.82, 2.24) is 0 Å². The number of anilines is 2. The van der Waals surface area contributed by atoms with Gasteiger partial charge in [-0.05, 0) is 29.7 Å². The van der Waals surface area contributed by atoms with Crippen LogP contribution in [0.2, 0.25) is 5.02 Å². The van der Waals surface area contributed by atoms with Crippen LogP contribution in [0.5, 0.6) is 0 Å². The van der Waals surface area contributed by atoms with Crippen LogP contribution in [0.1, 0.15) is 11.1 Å². The van der Waals surface area contributed by atoms with Gasteiger partial charge in [-0.3, -0.25) is 10.1 Å². The fraction of sp³-hybridized carbons (Fsp3) is 0.200. The number of nitro benzene ring substituents is 1. The first-order valence-corrected chi connectivity index (χ1v) is 7.05. The number of nitrogens with zero attached hydrogens (tertiary/aromatic N) is 1. The molecule has 2 aromatic carbocycles. The quantitative estimate of drug-likeness (QED) is 0.665. The molecule has 1 aliphatic heterocycles. The molecule has 0 spiro atoms. The van der Waals surface area contributed by atoms with Gasteiger partial charge in [-0.1, -0.05) is 29.8 Å². The van der Waals surface area contributed by atoms with E-state index in [1.54, 1.807) is 12.1 Å². The molecule has 0 saturated carbocycles. The van der Waals surface area contributed by atoms with Crippen molar-refractivity contribution in [1.29, 1.82) is 0 Å². The highest BCUT2D eigenvalue weighted by Crippen LogP contribution is 2.29. The van der Waals surface area contributed by atoms with Crippen LogP contribution in [0.25, 0.3) is 0 Å². The molecular weight excluding hydrogens is 290 g/mol. The average Bonchev–Trinajstić information content (AvgIpc) is 2.93. The topological polar surface area (TPSA) is 67.2 Å². The van der Waals surface area contributed by atoms with Gasteiger partial charge in [0.05, 0.1) is 4.92 Å². The molecule has 1 aliphatic rings. The Kier molecular flexibility index (Phi) is 3.66. The Morgan fingerprint density at radius 2 is 2.19 bits per heavy atom. The van der Waals surface area contributed by atoms with Gasteiger partial charge in [0, 0.05) is 30.5 Å². The van der Waals surface area contributed by atoms with Gasteiger partial charge in [0.1, 0.15) is 5.02 Å². The molecule has 0 aromatic heterocycles. The van der Waals surface area contributed by atoms with E-state index in [4.69, 9.17) is 11.6 Å². The summed E-state index contributed by atoms with van der Waals surface area (Å²) < 4.78 is 0. The van der Waals surface area contributed by atoms with Crippen molar-refractivity contribution in [3.63, 3.8) is 0 Å². The van der Waals surface area contributed by atoms with E-state index in [1.807, 2.05) is 6.07 Å². The molecule has 0 fully saturated rings. The van der Waals surface area contributed by atoms with E-state index in [-0.39, 0.29) is 10.7 Å². The first kappa shape index (κ1) is 13.7. The molecule has 6 heteroatoms. The van der Waals surface area contributed by atoms with Crippen molar-refractivity contribution in [3.05, 3.63) is 62.7 Å². The number of benzene rings is 2. The summed E-state index contributed by atoms with van der Waals surface area (Å²) in [6.07, 6.45) is 1.05. The fourth-order valence-corrected chi connectivity index (χ4v) is 2.77. The minimum absolute atomic E-state index is 0.0792. The SMILES string of the molecule is O=[N+]([O-])c1ccc(NCc2cccc3c2NCC3)cc1Cl. The Morgan fingerprint density at radius 3 is 2.95 bits per heavy atom. The number of fused-ring (bicyclic) bond motifs is 1. The summed E-state index contributed by atoms with van der Waals surface area (Å²) in [6.45, 7) is 1.61. The zero-order chi connectivity index (χ0) is 14.8. The zero-order valence-electron chi connectivity index (χ0n) is 11.2. The van der Waals surface area contributed by atoms with Crippen LogP contribution < -0.4 is 10.6 Å². The summed E-state index contributed by atoms with van der Waals surface area (Å²) in [5.74, 6) is 0. The minimum Gasteiger partial charge on any atom is -0.384 e. The van der Waals surface area contributed by atoms with E-state index in [0.29, 0.717) is 6.54 Å². The monoisotopic (exact) mass is 303 g/mol. The molecule has 0 unspecified atom stereocenters. The van der Waals surface area contributed by atoms with Crippen LogP contribution in [-0.2, 0) is 13.0 Å². The smallest absolute Gasteiger partial charge is 0.288 e. The van der Waals surface area contributed by atoms with Gasteiger partial charge >= 0.3 is 0 Å². The summed E-state index contributed by atoms with van der Waals surface area (Å²) in [7, 11) is 0. The second-order valence-electron chi connectivity index (χ2n) is 4.90.